The highest BCUT2D eigenvalue weighted by Crippen LogP contribution is 2.24. The number of hydrogen-bond acceptors (Lipinski definition) is 4. The molecule has 0 saturated carbocycles. The zero-order valence-electron chi connectivity index (χ0n) is 14.0. The number of aromatic nitrogens is 1. The quantitative estimate of drug-likeness (QED) is 0.728. The van der Waals surface area contributed by atoms with E-state index in [1.807, 2.05) is 43.3 Å². The van der Waals surface area contributed by atoms with Crippen LogP contribution in [0.2, 0.25) is 0 Å². The normalized spacial score (nSPS) is 11.6. The van der Waals surface area contributed by atoms with Gasteiger partial charge in [-0.25, -0.2) is 4.79 Å². The van der Waals surface area contributed by atoms with Gasteiger partial charge in [0.15, 0.2) is 0 Å². The molecule has 0 aliphatic rings. The van der Waals surface area contributed by atoms with Gasteiger partial charge in [0, 0.05) is 26.3 Å². The summed E-state index contributed by atoms with van der Waals surface area (Å²) in [6, 6.07) is 12.4. The van der Waals surface area contributed by atoms with E-state index in [1.54, 1.807) is 19.4 Å². The highest BCUT2D eigenvalue weighted by Gasteiger charge is 2.12. The second-order valence-electron chi connectivity index (χ2n) is 5.27. The lowest BCUT2D eigenvalue weighted by atomic mass is 10.2. The van der Waals surface area contributed by atoms with E-state index in [0.717, 1.165) is 12.1 Å². The SMILES string of the molecule is COCCCOc1ccccc1NC(=O)N[C@H](C)c1ccccn1. The average molecular weight is 329 g/mol. The molecular formula is C18H23N3O3. The summed E-state index contributed by atoms with van der Waals surface area (Å²) in [4.78, 5) is 16.4. The minimum atomic E-state index is -0.305. The summed E-state index contributed by atoms with van der Waals surface area (Å²) < 4.78 is 10.7. The van der Waals surface area contributed by atoms with Crippen LogP contribution in [-0.2, 0) is 4.74 Å². The van der Waals surface area contributed by atoms with E-state index in [9.17, 15) is 4.79 Å². The molecule has 6 heteroatoms. The smallest absolute Gasteiger partial charge is 0.319 e. The van der Waals surface area contributed by atoms with Crippen molar-refractivity contribution in [2.24, 2.45) is 0 Å². The van der Waals surface area contributed by atoms with Gasteiger partial charge in [0.2, 0.25) is 0 Å². The number of para-hydroxylation sites is 2. The van der Waals surface area contributed by atoms with Gasteiger partial charge in [-0.15, -0.1) is 0 Å². The fraction of sp³-hybridized carbons (Fsp3) is 0.333. The first-order chi connectivity index (χ1) is 11.7. The lowest BCUT2D eigenvalue weighted by Crippen LogP contribution is -2.31. The molecule has 1 aromatic heterocycles. The van der Waals surface area contributed by atoms with Crippen LogP contribution in [0.15, 0.2) is 48.7 Å². The van der Waals surface area contributed by atoms with Gasteiger partial charge in [-0.1, -0.05) is 18.2 Å². The molecule has 2 N–H and O–H groups in total. The van der Waals surface area contributed by atoms with Crippen molar-refractivity contribution in [3.05, 3.63) is 54.4 Å². The van der Waals surface area contributed by atoms with Gasteiger partial charge < -0.3 is 20.1 Å². The standard InChI is InChI=1S/C18H23N3O3/c1-14(15-8-5-6-11-19-15)20-18(22)21-16-9-3-4-10-17(16)24-13-7-12-23-2/h3-6,8-11,14H,7,12-13H2,1-2H3,(H2,20,21,22)/t14-/m1/s1. The highest BCUT2D eigenvalue weighted by atomic mass is 16.5. The van der Waals surface area contributed by atoms with Crippen molar-refractivity contribution in [3.63, 3.8) is 0 Å². The van der Waals surface area contributed by atoms with Crippen molar-refractivity contribution in [3.8, 4) is 5.75 Å². The molecule has 1 atom stereocenters. The molecule has 0 fully saturated rings. The van der Waals surface area contributed by atoms with E-state index < -0.39 is 0 Å². The van der Waals surface area contributed by atoms with E-state index in [4.69, 9.17) is 9.47 Å². The van der Waals surface area contributed by atoms with E-state index in [0.29, 0.717) is 24.7 Å². The number of benzene rings is 1. The molecule has 24 heavy (non-hydrogen) atoms. The van der Waals surface area contributed by atoms with Crippen molar-refractivity contribution in [1.82, 2.24) is 10.3 Å². The fourth-order valence-corrected chi connectivity index (χ4v) is 2.14. The summed E-state index contributed by atoms with van der Waals surface area (Å²) in [6.45, 7) is 3.05. The Kier molecular flexibility index (Phi) is 7.04. The number of carbonyl (C=O) groups excluding carboxylic acids is 1. The molecule has 2 aromatic rings. The van der Waals surface area contributed by atoms with Gasteiger partial charge in [-0.2, -0.15) is 0 Å². The first-order valence-electron chi connectivity index (χ1n) is 7.90. The third-order valence-corrected chi connectivity index (χ3v) is 3.36. The molecule has 0 unspecified atom stereocenters. The van der Waals surface area contributed by atoms with Gasteiger partial charge in [0.1, 0.15) is 5.75 Å². The lowest BCUT2D eigenvalue weighted by molar-refractivity contribution is 0.172. The number of nitrogens with one attached hydrogen (secondary N) is 2. The average Bonchev–Trinajstić information content (AvgIpc) is 2.60. The van der Waals surface area contributed by atoms with E-state index in [1.165, 1.54) is 0 Å². The second kappa shape index (κ2) is 9.52. The molecule has 1 aromatic carbocycles. The number of carbonyl (C=O) groups is 1. The summed E-state index contributed by atoms with van der Waals surface area (Å²) in [5.74, 6) is 0.634. The van der Waals surface area contributed by atoms with Crippen LogP contribution in [0.25, 0.3) is 0 Å². The second-order valence-corrected chi connectivity index (χ2v) is 5.27. The first kappa shape index (κ1) is 17.7. The molecule has 0 saturated heterocycles. The number of urea groups is 1. The predicted octanol–water partition coefficient (Wildman–Crippen LogP) is 3.38. The maximum absolute atomic E-state index is 12.2. The summed E-state index contributed by atoms with van der Waals surface area (Å²) in [6.07, 6.45) is 2.49. The Labute approximate surface area is 142 Å². The Morgan fingerprint density at radius 3 is 2.71 bits per heavy atom. The minimum absolute atomic E-state index is 0.194. The summed E-state index contributed by atoms with van der Waals surface area (Å²) in [5, 5.41) is 5.68. The maximum Gasteiger partial charge on any atom is 0.319 e. The van der Waals surface area contributed by atoms with Crippen LogP contribution in [-0.4, -0.2) is 31.3 Å². The number of methoxy groups -OCH3 is 1. The topological polar surface area (TPSA) is 72.5 Å². The highest BCUT2D eigenvalue weighted by molar-refractivity contribution is 5.91. The van der Waals surface area contributed by atoms with E-state index >= 15 is 0 Å². The molecule has 0 aliphatic heterocycles. The van der Waals surface area contributed by atoms with Crippen LogP contribution in [0.1, 0.15) is 25.1 Å². The van der Waals surface area contributed by atoms with Gasteiger partial charge in [-0.05, 0) is 31.2 Å². The molecule has 0 aliphatic carbocycles. The summed E-state index contributed by atoms with van der Waals surface area (Å²) in [5.41, 5.74) is 1.43. The van der Waals surface area contributed by atoms with Crippen LogP contribution in [0.5, 0.6) is 5.75 Å². The van der Waals surface area contributed by atoms with Gasteiger partial charge >= 0.3 is 6.03 Å². The van der Waals surface area contributed by atoms with Crippen LogP contribution in [0.4, 0.5) is 10.5 Å². The Morgan fingerprint density at radius 1 is 1.17 bits per heavy atom. The van der Waals surface area contributed by atoms with Crippen LogP contribution < -0.4 is 15.4 Å². The molecule has 2 rings (SSSR count). The van der Waals surface area contributed by atoms with E-state index in [2.05, 4.69) is 15.6 Å². The third-order valence-electron chi connectivity index (χ3n) is 3.36. The Bertz CT molecular complexity index is 634. The molecule has 128 valence electrons. The summed E-state index contributed by atoms with van der Waals surface area (Å²) in [7, 11) is 1.66. The molecule has 0 spiro atoms. The Morgan fingerprint density at radius 2 is 1.96 bits per heavy atom. The largest absolute Gasteiger partial charge is 0.491 e. The van der Waals surface area contributed by atoms with Crippen molar-refractivity contribution < 1.29 is 14.3 Å². The number of nitrogens with zero attached hydrogens (tertiary/aromatic N) is 1. The van der Waals surface area contributed by atoms with Gasteiger partial charge in [-0.3, -0.25) is 4.98 Å². The first-order valence-corrected chi connectivity index (χ1v) is 7.90. The third kappa shape index (κ3) is 5.55. The van der Waals surface area contributed by atoms with Crippen molar-refractivity contribution >= 4 is 11.7 Å². The molecule has 2 amide bonds. The number of rotatable bonds is 8. The molecule has 1 heterocycles. The van der Waals surface area contributed by atoms with Crippen molar-refractivity contribution in [2.75, 3.05) is 25.6 Å². The molecule has 0 bridgehead atoms. The summed E-state index contributed by atoms with van der Waals surface area (Å²) >= 11 is 0. The monoisotopic (exact) mass is 329 g/mol. The molecular weight excluding hydrogens is 306 g/mol. The Hall–Kier alpha value is -2.60. The fourth-order valence-electron chi connectivity index (χ4n) is 2.14. The Balaban J connectivity index is 1.91. The van der Waals surface area contributed by atoms with Crippen molar-refractivity contribution in [1.29, 1.82) is 0 Å². The van der Waals surface area contributed by atoms with Crippen LogP contribution in [0.3, 0.4) is 0 Å². The number of anilines is 1. The van der Waals surface area contributed by atoms with Crippen molar-refractivity contribution in [2.45, 2.75) is 19.4 Å². The minimum Gasteiger partial charge on any atom is -0.491 e. The number of amides is 2. The zero-order valence-corrected chi connectivity index (χ0v) is 14.0. The zero-order chi connectivity index (χ0) is 17.2. The lowest BCUT2D eigenvalue weighted by Gasteiger charge is -2.16. The van der Waals surface area contributed by atoms with Crippen LogP contribution >= 0.6 is 0 Å². The van der Waals surface area contributed by atoms with Gasteiger partial charge in [0.25, 0.3) is 0 Å². The van der Waals surface area contributed by atoms with E-state index in [-0.39, 0.29) is 12.1 Å². The molecule has 6 nitrogen and oxygen atoms in total. The van der Waals surface area contributed by atoms with Gasteiger partial charge in [0.05, 0.1) is 24.0 Å². The number of ether oxygens (including phenoxy) is 2. The predicted molar refractivity (Wildman–Crippen MR) is 93.2 cm³/mol. The number of hydrogen-bond donors (Lipinski definition) is 2. The maximum atomic E-state index is 12.2. The van der Waals surface area contributed by atoms with Crippen LogP contribution in [0, 0.1) is 0 Å². The molecule has 0 radical (unpaired) electrons. The number of pyridine rings is 1.